The van der Waals surface area contributed by atoms with Gasteiger partial charge in [-0.2, -0.15) is 0 Å². The highest BCUT2D eigenvalue weighted by atomic mass is 16.4. The van der Waals surface area contributed by atoms with E-state index in [0.717, 1.165) is 12.8 Å². The number of carboxylic acids is 1. The number of fused-ring (bicyclic) bond motifs is 2. The fourth-order valence-corrected chi connectivity index (χ4v) is 2.72. The van der Waals surface area contributed by atoms with Crippen LogP contribution in [0, 0.1) is 23.7 Å². The minimum Gasteiger partial charge on any atom is -0.481 e. The number of amides is 1. The molecule has 4 heteroatoms. The molecule has 4 nitrogen and oxygen atoms in total. The second-order valence-corrected chi connectivity index (χ2v) is 4.08. The first-order valence-electron chi connectivity index (χ1n) is 4.81. The molecule has 14 heavy (non-hydrogen) atoms. The van der Waals surface area contributed by atoms with Crippen LogP contribution in [0.1, 0.15) is 12.8 Å². The number of carbonyl (C=O) groups is 2. The Morgan fingerprint density at radius 2 is 1.64 bits per heavy atom. The molecule has 3 N–H and O–H groups in total. The second-order valence-electron chi connectivity index (χ2n) is 4.08. The summed E-state index contributed by atoms with van der Waals surface area (Å²) in [7, 11) is 0. The third-order valence-corrected chi connectivity index (χ3v) is 3.36. The van der Waals surface area contributed by atoms with Crippen molar-refractivity contribution in [1.29, 1.82) is 0 Å². The number of allylic oxidation sites excluding steroid dienone is 2. The van der Waals surface area contributed by atoms with E-state index >= 15 is 0 Å². The number of carboxylic acid groups (broad SMARTS) is 1. The molecule has 0 unspecified atom stereocenters. The van der Waals surface area contributed by atoms with E-state index in [1.165, 1.54) is 0 Å². The minimum absolute atomic E-state index is 0.00463. The summed E-state index contributed by atoms with van der Waals surface area (Å²) >= 11 is 0. The Bertz CT molecular complexity index is 280. The molecule has 3 aliphatic carbocycles. The zero-order valence-corrected chi connectivity index (χ0v) is 7.72. The highest BCUT2D eigenvalue weighted by molar-refractivity contribution is 5.85. The molecule has 1 amide bonds. The van der Waals surface area contributed by atoms with Crippen LogP contribution in [0.25, 0.3) is 0 Å². The van der Waals surface area contributed by atoms with E-state index in [1.54, 1.807) is 0 Å². The van der Waals surface area contributed by atoms with Crippen LogP contribution in [-0.4, -0.2) is 17.0 Å². The van der Waals surface area contributed by atoms with Gasteiger partial charge in [0, 0.05) is 0 Å². The standard InChI is InChI=1S/C10H13NO3/c11-9(12)7-5-1-3-6(4-2-5)8(7)10(13)14/h1,3,5-8H,2,4H2,(H2,11,12)(H,13,14)/t5-,6-,7+,8-/m1/s1. The molecule has 0 heterocycles. The molecule has 1 fully saturated rings. The van der Waals surface area contributed by atoms with E-state index < -0.39 is 23.7 Å². The normalized spacial score (nSPS) is 39.7. The maximum Gasteiger partial charge on any atom is 0.307 e. The lowest BCUT2D eigenvalue weighted by atomic mass is 9.62. The Hall–Kier alpha value is -1.32. The van der Waals surface area contributed by atoms with Gasteiger partial charge in [-0.05, 0) is 24.7 Å². The van der Waals surface area contributed by atoms with Crippen molar-refractivity contribution in [2.24, 2.45) is 29.4 Å². The lowest BCUT2D eigenvalue weighted by Crippen LogP contribution is -2.47. The Labute approximate surface area is 81.8 Å². The highest BCUT2D eigenvalue weighted by Crippen LogP contribution is 2.44. The van der Waals surface area contributed by atoms with Crippen LogP contribution in [0.2, 0.25) is 0 Å². The Balaban J connectivity index is 2.33. The van der Waals surface area contributed by atoms with Crippen LogP contribution < -0.4 is 5.73 Å². The fraction of sp³-hybridized carbons (Fsp3) is 0.600. The van der Waals surface area contributed by atoms with E-state index in [0.29, 0.717) is 0 Å². The highest BCUT2D eigenvalue weighted by Gasteiger charge is 2.47. The molecule has 0 aromatic rings. The van der Waals surface area contributed by atoms with Crippen molar-refractivity contribution in [1.82, 2.24) is 0 Å². The summed E-state index contributed by atoms with van der Waals surface area (Å²) in [5.74, 6) is -2.44. The molecule has 0 spiro atoms. The monoisotopic (exact) mass is 195 g/mol. The molecule has 3 aliphatic rings. The molecule has 3 rings (SSSR count). The number of primary amides is 1. The number of carbonyl (C=O) groups excluding carboxylic acids is 1. The fourth-order valence-electron chi connectivity index (χ4n) is 2.72. The predicted molar refractivity (Wildman–Crippen MR) is 49.2 cm³/mol. The summed E-state index contributed by atoms with van der Waals surface area (Å²) in [6.07, 6.45) is 5.62. The van der Waals surface area contributed by atoms with E-state index in [4.69, 9.17) is 10.8 Å². The third kappa shape index (κ3) is 1.22. The van der Waals surface area contributed by atoms with E-state index in [-0.39, 0.29) is 11.8 Å². The molecule has 0 aromatic carbocycles. The zero-order chi connectivity index (χ0) is 10.3. The number of hydrogen-bond donors (Lipinski definition) is 2. The van der Waals surface area contributed by atoms with Crippen molar-refractivity contribution in [2.45, 2.75) is 12.8 Å². The maximum absolute atomic E-state index is 11.2. The first-order valence-corrected chi connectivity index (χ1v) is 4.81. The average Bonchev–Trinajstić information content (AvgIpc) is 2.17. The second kappa shape index (κ2) is 3.12. The van der Waals surface area contributed by atoms with Gasteiger partial charge in [-0.3, -0.25) is 9.59 Å². The summed E-state index contributed by atoms with van der Waals surface area (Å²) in [6.45, 7) is 0. The Morgan fingerprint density at radius 1 is 1.14 bits per heavy atom. The predicted octanol–water partition coefficient (Wildman–Crippen LogP) is 0.385. The first-order chi connectivity index (χ1) is 6.61. The Morgan fingerprint density at radius 3 is 1.93 bits per heavy atom. The van der Waals surface area contributed by atoms with Crippen LogP contribution in [0.5, 0.6) is 0 Å². The maximum atomic E-state index is 11.2. The molecule has 1 saturated carbocycles. The minimum atomic E-state index is -0.896. The third-order valence-electron chi connectivity index (χ3n) is 3.36. The number of aliphatic carboxylic acids is 1. The van der Waals surface area contributed by atoms with E-state index in [9.17, 15) is 9.59 Å². The van der Waals surface area contributed by atoms with Crippen LogP contribution >= 0.6 is 0 Å². The lowest BCUT2D eigenvalue weighted by Gasteiger charge is -2.41. The van der Waals surface area contributed by atoms with Gasteiger partial charge < -0.3 is 10.8 Å². The number of hydrogen-bond acceptors (Lipinski definition) is 2. The van der Waals surface area contributed by atoms with Crippen LogP contribution in [0.15, 0.2) is 12.2 Å². The van der Waals surface area contributed by atoms with Gasteiger partial charge in [-0.1, -0.05) is 12.2 Å². The van der Waals surface area contributed by atoms with Gasteiger partial charge >= 0.3 is 5.97 Å². The van der Waals surface area contributed by atoms with Gasteiger partial charge in [-0.25, -0.2) is 0 Å². The summed E-state index contributed by atoms with van der Waals surface area (Å²) in [6, 6.07) is 0. The van der Waals surface area contributed by atoms with Crippen molar-refractivity contribution in [3.05, 3.63) is 12.2 Å². The number of nitrogens with two attached hydrogens (primary N) is 1. The first kappa shape index (κ1) is 9.24. The summed E-state index contributed by atoms with van der Waals surface area (Å²) in [5.41, 5.74) is 5.25. The summed E-state index contributed by atoms with van der Waals surface area (Å²) in [4.78, 5) is 22.2. The number of rotatable bonds is 2. The Kier molecular flexibility index (Phi) is 2.06. The quantitative estimate of drug-likeness (QED) is 0.625. The molecular formula is C10H13NO3. The lowest BCUT2D eigenvalue weighted by molar-refractivity contribution is -0.152. The van der Waals surface area contributed by atoms with Gasteiger partial charge in [0.05, 0.1) is 11.8 Å². The van der Waals surface area contributed by atoms with E-state index in [2.05, 4.69) is 0 Å². The SMILES string of the molecule is NC(=O)[C@@H]1[C@H](C(=O)O)[C@@H]2C=C[C@@H]1CC2. The molecule has 76 valence electrons. The molecular weight excluding hydrogens is 182 g/mol. The van der Waals surface area contributed by atoms with Crippen molar-refractivity contribution < 1.29 is 14.7 Å². The largest absolute Gasteiger partial charge is 0.481 e. The summed E-state index contributed by atoms with van der Waals surface area (Å²) < 4.78 is 0. The van der Waals surface area contributed by atoms with Crippen molar-refractivity contribution in [2.75, 3.05) is 0 Å². The summed E-state index contributed by atoms with van der Waals surface area (Å²) in [5, 5.41) is 9.04. The van der Waals surface area contributed by atoms with Crippen LogP contribution in [-0.2, 0) is 9.59 Å². The zero-order valence-electron chi connectivity index (χ0n) is 7.72. The van der Waals surface area contributed by atoms with Crippen molar-refractivity contribution >= 4 is 11.9 Å². The smallest absolute Gasteiger partial charge is 0.307 e. The van der Waals surface area contributed by atoms with Gasteiger partial charge in [-0.15, -0.1) is 0 Å². The average molecular weight is 195 g/mol. The topological polar surface area (TPSA) is 80.4 Å². The molecule has 0 aromatic heterocycles. The van der Waals surface area contributed by atoms with Gasteiger partial charge in [0.15, 0.2) is 0 Å². The molecule has 0 radical (unpaired) electrons. The van der Waals surface area contributed by atoms with Crippen molar-refractivity contribution in [3.8, 4) is 0 Å². The molecule has 4 atom stereocenters. The van der Waals surface area contributed by atoms with Crippen LogP contribution in [0.3, 0.4) is 0 Å². The van der Waals surface area contributed by atoms with Gasteiger partial charge in [0.2, 0.25) is 5.91 Å². The van der Waals surface area contributed by atoms with Gasteiger partial charge in [0.25, 0.3) is 0 Å². The van der Waals surface area contributed by atoms with E-state index in [1.807, 2.05) is 12.2 Å². The molecule has 2 bridgehead atoms. The van der Waals surface area contributed by atoms with Gasteiger partial charge in [0.1, 0.15) is 0 Å². The molecule has 0 saturated heterocycles. The van der Waals surface area contributed by atoms with Crippen molar-refractivity contribution in [3.63, 3.8) is 0 Å². The molecule has 0 aliphatic heterocycles. The van der Waals surface area contributed by atoms with Crippen LogP contribution in [0.4, 0.5) is 0 Å².